The van der Waals surface area contributed by atoms with Gasteiger partial charge in [-0.1, -0.05) is 6.58 Å². The summed E-state index contributed by atoms with van der Waals surface area (Å²) < 4.78 is 0. The van der Waals surface area contributed by atoms with Gasteiger partial charge in [-0.3, -0.25) is 0 Å². The third kappa shape index (κ3) is 2.16. The zero-order chi connectivity index (χ0) is 5.86. The Morgan fingerprint density at radius 2 is 2.29 bits per heavy atom. The van der Waals surface area contributed by atoms with Crippen molar-refractivity contribution >= 4 is 16.2 Å². The molecule has 0 radical (unpaired) electrons. The minimum atomic E-state index is -0.866. The van der Waals surface area contributed by atoms with E-state index < -0.39 is 5.97 Å². The van der Waals surface area contributed by atoms with Gasteiger partial charge in [0, 0.05) is 15.8 Å². The van der Waals surface area contributed by atoms with Crippen molar-refractivity contribution < 1.29 is 9.90 Å². The Labute approximate surface area is 45.3 Å². The summed E-state index contributed by atoms with van der Waals surface area (Å²) in [6.45, 7) is 3.31. The van der Waals surface area contributed by atoms with Crippen LogP contribution in [-0.2, 0) is 4.79 Å². The second kappa shape index (κ2) is 2.57. The Bertz CT molecular complexity index is 97.9. The van der Waals surface area contributed by atoms with Gasteiger partial charge < -0.3 is 5.11 Å². The van der Waals surface area contributed by atoms with Gasteiger partial charge in [0.1, 0.15) is 0 Å². The molecular formula is C4H8O2Si. The van der Waals surface area contributed by atoms with Crippen LogP contribution in [-0.4, -0.2) is 21.3 Å². The lowest BCUT2D eigenvalue weighted by atomic mass is 10.4. The predicted octanol–water partition coefficient (Wildman–Crippen LogP) is -0.589. The quantitative estimate of drug-likeness (QED) is 0.387. The largest absolute Gasteiger partial charge is 0.478 e. The molecule has 0 amide bonds. The third-order valence-electron chi connectivity index (χ3n) is 0.729. The van der Waals surface area contributed by atoms with Gasteiger partial charge in [-0.05, 0) is 6.04 Å². The lowest BCUT2D eigenvalue weighted by molar-refractivity contribution is -0.132. The summed E-state index contributed by atoms with van der Waals surface area (Å²) in [5.41, 5.74) is 0.326. The van der Waals surface area contributed by atoms with Gasteiger partial charge >= 0.3 is 5.97 Å². The van der Waals surface area contributed by atoms with Crippen LogP contribution in [0.25, 0.3) is 0 Å². The van der Waals surface area contributed by atoms with E-state index in [-0.39, 0.29) is 0 Å². The molecular weight excluding hydrogens is 108 g/mol. The fraction of sp³-hybridized carbons (Fsp3) is 0.250. The average molecular weight is 116 g/mol. The van der Waals surface area contributed by atoms with Crippen molar-refractivity contribution in [1.82, 2.24) is 0 Å². The third-order valence-corrected chi connectivity index (χ3v) is 1.58. The molecule has 2 nitrogen and oxygen atoms in total. The Kier molecular flexibility index (Phi) is 2.36. The molecule has 1 N–H and O–H groups in total. The molecule has 0 aromatic rings. The molecule has 0 heterocycles. The average Bonchev–Trinajstić information content (AvgIpc) is 1.65. The number of carboxylic acid groups (broad SMARTS) is 1. The number of carboxylic acids is 1. The molecule has 0 saturated heterocycles. The molecule has 0 atom stereocenters. The van der Waals surface area contributed by atoms with E-state index >= 15 is 0 Å². The van der Waals surface area contributed by atoms with Gasteiger partial charge in [0.2, 0.25) is 0 Å². The summed E-state index contributed by atoms with van der Waals surface area (Å²) in [6, 6.07) is 0.662. The van der Waals surface area contributed by atoms with E-state index in [9.17, 15) is 4.79 Å². The maximum Gasteiger partial charge on any atom is 0.330 e. The van der Waals surface area contributed by atoms with Crippen LogP contribution in [0.5, 0.6) is 0 Å². The highest BCUT2D eigenvalue weighted by Gasteiger charge is 1.96. The number of hydrogen-bond donors (Lipinski definition) is 1. The maximum absolute atomic E-state index is 9.85. The molecule has 0 unspecified atom stereocenters. The van der Waals surface area contributed by atoms with E-state index in [1.54, 1.807) is 0 Å². The van der Waals surface area contributed by atoms with Gasteiger partial charge in [0.15, 0.2) is 0 Å². The highest BCUT2D eigenvalue weighted by molar-refractivity contribution is 6.13. The van der Waals surface area contributed by atoms with Crippen molar-refractivity contribution in [2.75, 3.05) is 0 Å². The second-order valence-corrected chi connectivity index (χ2v) is 1.97. The zero-order valence-corrected chi connectivity index (χ0v) is 6.27. The van der Waals surface area contributed by atoms with E-state index in [0.717, 1.165) is 10.2 Å². The summed E-state index contributed by atoms with van der Waals surface area (Å²) >= 11 is 0. The normalized spacial score (nSPS) is 8.57. The summed E-state index contributed by atoms with van der Waals surface area (Å²) in [6.07, 6.45) is 0. The number of carbonyl (C=O) groups is 1. The van der Waals surface area contributed by atoms with E-state index in [1.807, 2.05) is 0 Å². The summed E-state index contributed by atoms with van der Waals surface area (Å²) in [4.78, 5) is 9.85. The summed E-state index contributed by atoms with van der Waals surface area (Å²) in [5.74, 6) is -0.866. The van der Waals surface area contributed by atoms with Crippen molar-refractivity contribution in [3.63, 3.8) is 0 Å². The molecule has 0 aromatic carbocycles. The molecule has 0 aromatic heterocycles. The van der Waals surface area contributed by atoms with E-state index in [1.165, 1.54) is 0 Å². The van der Waals surface area contributed by atoms with E-state index in [0.29, 0.717) is 11.6 Å². The molecule has 0 aliphatic heterocycles. The standard InChI is InChI=1S/C4H8O2Si/c1-3(2-7)4(5)6/h1-2H2,7H3,(H,5,6). The number of aliphatic carboxylic acids is 1. The van der Waals surface area contributed by atoms with Crippen LogP contribution in [0.4, 0.5) is 0 Å². The molecule has 0 saturated carbocycles. The first-order valence-electron chi connectivity index (χ1n) is 2.09. The zero-order valence-electron chi connectivity index (χ0n) is 4.27. The van der Waals surface area contributed by atoms with E-state index in [2.05, 4.69) is 6.58 Å². The molecule has 0 fully saturated rings. The first-order chi connectivity index (χ1) is 3.18. The lowest BCUT2D eigenvalue weighted by Crippen LogP contribution is -1.96. The highest BCUT2D eigenvalue weighted by Crippen LogP contribution is 1.91. The monoisotopic (exact) mass is 116 g/mol. The molecule has 0 aliphatic carbocycles. The Morgan fingerprint density at radius 1 is 1.86 bits per heavy atom. The smallest absolute Gasteiger partial charge is 0.330 e. The van der Waals surface area contributed by atoms with Crippen LogP contribution in [0.3, 0.4) is 0 Å². The van der Waals surface area contributed by atoms with Gasteiger partial charge in [-0.2, -0.15) is 0 Å². The van der Waals surface area contributed by atoms with Gasteiger partial charge in [0.05, 0.1) is 0 Å². The summed E-state index contributed by atoms with van der Waals surface area (Å²) in [5, 5.41) is 8.10. The molecule has 0 aliphatic rings. The minimum Gasteiger partial charge on any atom is -0.478 e. The Hall–Kier alpha value is -0.573. The molecule has 7 heavy (non-hydrogen) atoms. The topological polar surface area (TPSA) is 37.3 Å². The second-order valence-electron chi connectivity index (χ2n) is 1.26. The Balaban J connectivity index is 3.58. The van der Waals surface area contributed by atoms with Crippen molar-refractivity contribution in [2.45, 2.75) is 6.04 Å². The van der Waals surface area contributed by atoms with Gasteiger partial charge in [0.25, 0.3) is 0 Å². The first-order valence-corrected chi connectivity index (χ1v) is 3.51. The van der Waals surface area contributed by atoms with Crippen LogP contribution < -0.4 is 0 Å². The van der Waals surface area contributed by atoms with Crippen LogP contribution in [0.1, 0.15) is 0 Å². The highest BCUT2D eigenvalue weighted by atomic mass is 28.1. The fourth-order valence-electron chi connectivity index (χ4n) is 0.151. The van der Waals surface area contributed by atoms with E-state index in [4.69, 9.17) is 5.11 Å². The van der Waals surface area contributed by atoms with Gasteiger partial charge in [-0.25, -0.2) is 4.79 Å². The maximum atomic E-state index is 9.85. The Morgan fingerprint density at radius 3 is 2.29 bits per heavy atom. The number of rotatable bonds is 2. The molecule has 0 spiro atoms. The first kappa shape index (κ1) is 6.43. The minimum absolute atomic E-state index is 0.326. The SMILES string of the molecule is C=C(C[SiH3])C(=O)O. The van der Waals surface area contributed by atoms with Crippen LogP contribution in [0, 0.1) is 0 Å². The van der Waals surface area contributed by atoms with Crippen LogP contribution in [0.15, 0.2) is 12.2 Å². The van der Waals surface area contributed by atoms with Crippen molar-refractivity contribution in [1.29, 1.82) is 0 Å². The van der Waals surface area contributed by atoms with Crippen LogP contribution in [0.2, 0.25) is 6.04 Å². The molecule has 40 valence electrons. The fourth-order valence-corrected chi connectivity index (χ4v) is 0.454. The van der Waals surface area contributed by atoms with Crippen LogP contribution >= 0.6 is 0 Å². The molecule has 3 heteroatoms. The van der Waals surface area contributed by atoms with Crippen molar-refractivity contribution in [3.05, 3.63) is 12.2 Å². The molecule has 0 bridgehead atoms. The lowest BCUT2D eigenvalue weighted by Gasteiger charge is -1.87. The van der Waals surface area contributed by atoms with Crippen molar-refractivity contribution in [2.24, 2.45) is 0 Å². The summed E-state index contributed by atoms with van der Waals surface area (Å²) in [7, 11) is 0.890. The van der Waals surface area contributed by atoms with Crippen molar-refractivity contribution in [3.8, 4) is 0 Å². The number of hydrogen-bond acceptors (Lipinski definition) is 1. The molecule has 0 rings (SSSR count). The van der Waals surface area contributed by atoms with Gasteiger partial charge in [-0.15, -0.1) is 0 Å². The predicted molar refractivity (Wildman–Crippen MR) is 31.5 cm³/mol.